The number of nitrogens with one attached hydrogen (secondary N) is 1. The van der Waals surface area contributed by atoms with Crippen molar-refractivity contribution in [1.29, 1.82) is 0 Å². The molecule has 3 heterocycles. The number of hydrogen-bond acceptors (Lipinski definition) is 9. The molecule has 1 amide bonds. The van der Waals surface area contributed by atoms with Crippen LogP contribution >= 0.6 is 22.9 Å². The van der Waals surface area contributed by atoms with Crippen molar-refractivity contribution in [3.05, 3.63) is 39.4 Å². The molecule has 0 fully saturated rings. The highest BCUT2D eigenvalue weighted by Crippen LogP contribution is 2.38. The summed E-state index contributed by atoms with van der Waals surface area (Å²) in [6.07, 6.45) is 0. The van der Waals surface area contributed by atoms with Crippen LogP contribution in [0, 0.1) is 0 Å². The molecule has 0 aliphatic carbocycles. The number of thiophene rings is 1. The summed E-state index contributed by atoms with van der Waals surface area (Å²) in [5.74, 6) is 0.697. The Balaban J connectivity index is 1.88. The summed E-state index contributed by atoms with van der Waals surface area (Å²) in [6, 6.07) is 4.80. The minimum absolute atomic E-state index is 0.0233. The van der Waals surface area contributed by atoms with Crippen LogP contribution in [0.2, 0.25) is 5.02 Å². The van der Waals surface area contributed by atoms with Crippen molar-refractivity contribution < 1.29 is 19.5 Å². The molecule has 4 rings (SSSR count). The van der Waals surface area contributed by atoms with E-state index in [4.69, 9.17) is 26.8 Å². The third-order valence-electron chi connectivity index (χ3n) is 4.01. The molecule has 3 aromatic rings. The van der Waals surface area contributed by atoms with Gasteiger partial charge in [0.25, 0.3) is 5.91 Å². The summed E-state index contributed by atoms with van der Waals surface area (Å²) in [4.78, 5) is 21.5. The average molecular weight is 420 g/mol. The van der Waals surface area contributed by atoms with Gasteiger partial charge in [0.2, 0.25) is 12.7 Å². The van der Waals surface area contributed by atoms with E-state index in [0.29, 0.717) is 38.7 Å². The molecule has 0 radical (unpaired) electrons. The molecular formula is C17H14ClN5O4S. The molecule has 1 aromatic carbocycles. The largest absolute Gasteiger partial charge is 0.454 e. The minimum Gasteiger partial charge on any atom is -0.454 e. The van der Waals surface area contributed by atoms with Crippen LogP contribution in [0.25, 0.3) is 10.2 Å². The van der Waals surface area contributed by atoms with Gasteiger partial charge in [-0.25, -0.2) is 9.97 Å². The monoisotopic (exact) mass is 419 g/mol. The maximum atomic E-state index is 12.2. The zero-order valence-electron chi connectivity index (χ0n) is 14.5. The molecule has 9 nitrogen and oxygen atoms in total. The smallest absolute Gasteiger partial charge is 0.261 e. The van der Waals surface area contributed by atoms with Crippen molar-refractivity contribution >= 4 is 50.7 Å². The quantitative estimate of drug-likeness (QED) is 0.336. The Labute approximate surface area is 167 Å². The van der Waals surface area contributed by atoms with Crippen molar-refractivity contribution in [2.45, 2.75) is 6.92 Å². The highest BCUT2D eigenvalue weighted by Gasteiger charge is 2.24. The van der Waals surface area contributed by atoms with E-state index in [9.17, 15) is 10.0 Å². The summed E-state index contributed by atoms with van der Waals surface area (Å²) < 4.78 is 10.7. The number of amides is 1. The van der Waals surface area contributed by atoms with Crippen LogP contribution in [0.15, 0.2) is 23.4 Å². The lowest BCUT2D eigenvalue weighted by Gasteiger charge is -2.09. The molecule has 0 atom stereocenters. The van der Waals surface area contributed by atoms with E-state index in [2.05, 4.69) is 20.4 Å². The second-order valence-corrected chi connectivity index (χ2v) is 7.19. The van der Waals surface area contributed by atoms with Gasteiger partial charge in [-0.1, -0.05) is 16.8 Å². The summed E-state index contributed by atoms with van der Waals surface area (Å²) in [6.45, 7) is 2.39. The third kappa shape index (κ3) is 3.06. The molecular weight excluding hydrogens is 406 g/mol. The van der Waals surface area contributed by atoms with E-state index >= 15 is 0 Å². The van der Waals surface area contributed by atoms with E-state index in [1.807, 2.05) is 6.92 Å². The first-order chi connectivity index (χ1) is 13.5. The summed E-state index contributed by atoms with van der Waals surface area (Å²) >= 11 is 7.52. The van der Waals surface area contributed by atoms with Gasteiger partial charge in [0.05, 0.1) is 9.90 Å². The summed E-state index contributed by atoms with van der Waals surface area (Å²) in [5.41, 5.74) is 6.53. The van der Waals surface area contributed by atoms with E-state index in [0.717, 1.165) is 11.3 Å². The van der Waals surface area contributed by atoms with E-state index in [1.54, 1.807) is 18.2 Å². The Morgan fingerprint density at radius 2 is 2.11 bits per heavy atom. The lowest BCUT2D eigenvalue weighted by molar-refractivity contribution is 0.0960. The highest BCUT2D eigenvalue weighted by molar-refractivity contribution is 7.20. The topological polar surface area (TPSA) is 132 Å². The van der Waals surface area contributed by atoms with Crippen molar-refractivity contribution in [2.24, 2.45) is 5.16 Å². The Bertz CT molecular complexity index is 1130. The number of nitrogen functional groups attached to an aromatic ring is 1. The van der Waals surface area contributed by atoms with E-state index in [-0.39, 0.29) is 35.1 Å². The van der Waals surface area contributed by atoms with Gasteiger partial charge < -0.3 is 25.7 Å². The Kier molecular flexibility index (Phi) is 4.65. The average Bonchev–Trinajstić information content (AvgIpc) is 3.28. The fraction of sp³-hybridized carbons (Fsp3) is 0.176. The maximum Gasteiger partial charge on any atom is 0.261 e. The first kappa shape index (κ1) is 18.3. The third-order valence-corrected chi connectivity index (χ3v) is 5.35. The van der Waals surface area contributed by atoms with Gasteiger partial charge in [-0.05, 0) is 19.1 Å². The number of benzene rings is 1. The van der Waals surface area contributed by atoms with Gasteiger partial charge >= 0.3 is 0 Å². The predicted molar refractivity (Wildman–Crippen MR) is 105 cm³/mol. The number of nitrogens with two attached hydrogens (primary N) is 1. The van der Waals surface area contributed by atoms with Crippen molar-refractivity contribution in [1.82, 2.24) is 15.3 Å². The Morgan fingerprint density at radius 3 is 2.82 bits per heavy atom. The number of carbonyl (C=O) groups is 1. The zero-order valence-corrected chi connectivity index (χ0v) is 16.1. The molecule has 28 heavy (non-hydrogen) atoms. The molecule has 1 aliphatic rings. The molecule has 0 saturated heterocycles. The fourth-order valence-corrected chi connectivity index (χ4v) is 4.00. The van der Waals surface area contributed by atoms with Crippen LogP contribution in [0.1, 0.15) is 27.9 Å². The second-order valence-electron chi connectivity index (χ2n) is 5.75. The normalized spacial score (nSPS) is 13.1. The lowest BCUT2D eigenvalue weighted by Crippen LogP contribution is -2.21. The molecule has 2 aromatic heterocycles. The number of fused-ring (bicyclic) bond motifs is 2. The number of anilines is 1. The van der Waals surface area contributed by atoms with E-state index < -0.39 is 0 Å². The van der Waals surface area contributed by atoms with Crippen molar-refractivity contribution in [3.63, 3.8) is 0 Å². The standard InChI is InChI=1S/C17H14ClN5O4S/c1-2-20-15(24)12-4-8-13(21-17(19)22-16(8)28-12)14(23-25)7-3-10-11(5-9(7)18)27-6-26-10/h3-5,25H,2,6H2,1H3,(H,20,24)(H2,19,21,22)/b23-14+. The fourth-order valence-electron chi connectivity index (χ4n) is 2.81. The molecule has 11 heteroatoms. The van der Waals surface area contributed by atoms with Crippen LogP contribution in [0.3, 0.4) is 0 Å². The van der Waals surface area contributed by atoms with Crippen LogP contribution in [0.4, 0.5) is 5.95 Å². The van der Waals surface area contributed by atoms with Gasteiger partial charge in [-0.3, -0.25) is 4.79 Å². The lowest BCUT2D eigenvalue weighted by atomic mass is 10.0. The number of halogens is 1. The highest BCUT2D eigenvalue weighted by atomic mass is 35.5. The number of aromatic nitrogens is 2. The van der Waals surface area contributed by atoms with Gasteiger partial charge in [-0.15, -0.1) is 11.3 Å². The molecule has 0 bridgehead atoms. The minimum atomic E-state index is -0.237. The van der Waals surface area contributed by atoms with Gasteiger partial charge in [0, 0.05) is 23.6 Å². The van der Waals surface area contributed by atoms with Crippen LogP contribution in [-0.4, -0.2) is 40.1 Å². The number of hydrogen-bond donors (Lipinski definition) is 3. The first-order valence-corrected chi connectivity index (χ1v) is 9.38. The molecule has 1 aliphatic heterocycles. The summed E-state index contributed by atoms with van der Waals surface area (Å²) in [7, 11) is 0. The van der Waals surface area contributed by atoms with Crippen LogP contribution in [-0.2, 0) is 0 Å². The SMILES string of the molecule is CCNC(=O)c1cc2c(/C(=N/O)c3cc4c(cc3Cl)OCO4)nc(N)nc2s1. The van der Waals surface area contributed by atoms with Gasteiger partial charge in [-0.2, -0.15) is 0 Å². The Morgan fingerprint density at radius 1 is 1.36 bits per heavy atom. The van der Waals surface area contributed by atoms with E-state index in [1.165, 1.54) is 0 Å². The molecule has 0 saturated carbocycles. The number of oxime groups is 1. The molecule has 144 valence electrons. The number of ether oxygens (including phenoxy) is 2. The number of carbonyl (C=O) groups excluding carboxylic acids is 1. The van der Waals surface area contributed by atoms with Gasteiger partial charge in [0.15, 0.2) is 11.5 Å². The van der Waals surface area contributed by atoms with Crippen molar-refractivity contribution in [2.75, 3.05) is 19.1 Å². The molecule has 0 spiro atoms. The van der Waals surface area contributed by atoms with Crippen molar-refractivity contribution in [3.8, 4) is 11.5 Å². The predicted octanol–water partition coefficient (Wildman–Crippen LogP) is 2.63. The van der Waals surface area contributed by atoms with Gasteiger partial charge in [0.1, 0.15) is 16.2 Å². The first-order valence-electron chi connectivity index (χ1n) is 8.19. The van der Waals surface area contributed by atoms with Crippen LogP contribution in [0.5, 0.6) is 11.5 Å². The maximum absolute atomic E-state index is 12.2. The number of nitrogens with zero attached hydrogens (tertiary/aromatic N) is 3. The molecule has 4 N–H and O–H groups in total. The Hall–Kier alpha value is -3.11. The summed E-state index contributed by atoms with van der Waals surface area (Å²) in [5, 5.41) is 16.7. The molecule has 0 unspecified atom stereocenters. The second kappa shape index (κ2) is 7.13. The zero-order chi connectivity index (χ0) is 19.8. The van der Waals surface area contributed by atoms with Crippen LogP contribution < -0.4 is 20.5 Å². The number of rotatable bonds is 4.